The lowest BCUT2D eigenvalue weighted by Crippen LogP contribution is -2.13. The molecule has 0 heterocycles. The number of nitrogens with zero attached hydrogens (tertiary/aromatic N) is 2. The van der Waals surface area contributed by atoms with E-state index < -0.39 is 0 Å². The lowest BCUT2D eigenvalue weighted by Gasteiger charge is -2.21. The van der Waals surface area contributed by atoms with E-state index in [0.29, 0.717) is 11.1 Å². The van der Waals surface area contributed by atoms with E-state index in [1.807, 2.05) is 36.4 Å². The Morgan fingerprint density at radius 1 is 0.750 bits per heavy atom. The molecule has 3 heteroatoms. The maximum Gasteiger partial charge on any atom is 0.196 e. The zero-order chi connectivity index (χ0) is 14.1. The molecule has 2 aromatic rings. The van der Waals surface area contributed by atoms with Crippen molar-refractivity contribution >= 4 is 11.4 Å². The highest BCUT2D eigenvalue weighted by molar-refractivity contribution is 6.35. The van der Waals surface area contributed by atoms with Crippen LogP contribution in [0.3, 0.4) is 0 Å². The zero-order valence-electron chi connectivity index (χ0n) is 10.4. The minimum atomic E-state index is -0.266. The van der Waals surface area contributed by atoms with Crippen LogP contribution < -0.4 is 0 Å². The summed E-state index contributed by atoms with van der Waals surface area (Å²) in [6.45, 7) is 0. The van der Waals surface area contributed by atoms with Crippen LogP contribution in [-0.2, 0) is 0 Å². The fourth-order valence-corrected chi connectivity index (χ4v) is 2.49. The number of fused-ring (bicyclic) bond motifs is 3. The minimum Gasteiger partial charge on any atom is -0.288 e. The molecule has 0 aliphatic heterocycles. The molecular formula is C17H8N2O. The van der Waals surface area contributed by atoms with Crippen molar-refractivity contribution in [3.8, 4) is 23.3 Å². The molecule has 0 amide bonds. The summed E-state index contributed by atoms with van der Waals surface area (Å²) in [6, 6.07) is 18.2. The van der Waals surface area contributed by atoms with Gasteiger partial charge in [-0.15, -0.1) is 0 Å². The van der Waals surface area contributed by atoms with Crippen molar-refractivity contribution in [3.63, 3.8) is 0 Å². The van der Waals surface area contributed by atoms with Crippen LogP contribution in [0.5, 0.6) is 0 Å². The molecule has 3 rings (SSSR count). The van der Waals surface area contributed by atoms with Gasteiger partial charge in [0.25, 0.3) is 0 Å². The van der Waals surface area contributed by atoms with Crippen LogP contribution in [0.25, 0.3) is 16.7 Å². The van der Waals surface area contributed by atoms with Gasteiger partial charge in [0.2, 0.25) is 0 Å². The average molecular weight is 256 g/mol. The van der Waals surface area contributed by atoms with E-state index in [-0.39, 0.29) is 16.9 Å². The third-order valence-electron chi connectivity index (χ3n) is 3.36. The number of carbonyl (C=O) groups is 1. The Bertz CT molecular complexity index is 832. The zero-order valence-corrected chi connectivity index (χ0v) is 10.4. The molecule has 0 saturated heterocycles. The van der Waals surface area contributed by atoms with Gasteiger partial charge >= 0.3 is 0 Å². The Kier molecular flexibility index (Phi) is 2.67. The topological polar surface area (TPSA) is 64.7 Å². The van der Waals surface area contributed by atoms with E-state index in [9.17, 15) is 4.79 Å². The number of ketones is 1. The highest BCUT2D eigenvalue weighted by Gasteiger charge is 2.29. The maximum atomic E-state index is 12.6. The first kappa shape index (κ1) is 11.9. The monoisotopic (exact) mass is 256 g/mol. The molecule has 20 heavy (non-hydrogen) atoms. The van der Waals surface area contributed by atoms with Crippen molar-refractivity contribution in [2.75, 3.05) is 0 Å². The lowest BCUT2D eigenvalue weighted by atomic mass is 9.80. The summed E-state index contributed by atoms with van der Waals surface area (Å²) in [7, 11) is 0. The fourth-order valence-electron chi connectivity index (χ4n) is 2.49. The number of hydrogen-bond donors (Lipinski definition) is 0. The van der Waals surface area contributed by atoms with Gasteiger partial charge in [-0.05, 0) is 16.7 Å². The molecular weight excluding hydrogens is 248 g/mol. The molecule has 1 aliphatic rings. The Morgan fingerprint density at radius 2 is 1.20 bits per heavy atom. The largest absolute Gasteiger partial charge is 0.288 e. The van der Waals surface area contributed by atoms with Crippen molar-refractivity contribution in [2.24, 2.45) is 0 Å². The SMILES string of the molecule is N#CC(C#N)=C1C(=O)c2ccccc2-c2ccccc21. The molecule has 0 spiro atoms. The van der Waals surface area contributed by atoms with Gasteiger partial charge in [0.15, 0.2) is 5.78 Å². The second kappa shape index (κ2) is 4.50. The van der Waals surface area contributed by atoms with Crippen LogP contribution in [0.4, 0.5) is 0 Å². The van der Waals surface area contributed by atoms with E-state index in [1.165, 1.54) is 0 Å². The number of Topliss-reactive ketones (excluding diaryl/α,β-unsaturated/α-hetero) is 1. The summed E-state index contributed by atoms with van der Waals surface area (Å²) in [5, 5.41) is 18.2. The third-order valence-corrected chi connectivity index (χ3v) is 3.36. The third kappa shape index (κ3) is 1.55. The summed E-state index contributed by atoms with van der Waals surface area (Å²) < 4.78 is 0. The summed E-state index contributed by atoms with van der Waals surface area (Å²) in [5.74, 6) is -0.266. The van der Waals surface area contributed by atoms with E-state index >= 15 is 0 Å². The quantitative estimate of drug-likeness (QED) is 0.536. The molecule has 0 N–H and O–H groups in total. The van der Waals surface area contributed by atoms with Crippen LogP contribution >= 0.6 is 0 Å². The van der Waals surface area contributed by atoms with Gasteiger partial charge in [0, 0.05) is 5.56 Å². The predicted octanol–water partition coefficient (Wildman–Crippen LogP) is 3.35. The van der Waals surface area contributed by atoms with Crippen molar-refractivity contribution < 1.29 is 4.79 Å². The fraction of sp³-hybridized carbons (Fsp3) is 0. The van der Waals surface area contributed by atoms with Gasteiger partial charge in [0.1, 0.15) is 17.7 Å². The maximum absolute atomic E-state index is 12.6. The molecule has 0 saturated carbocycles. The van der Waals surface area contributed by atoms with E-state index in [0.717, 1.165) is 11.1 Å². The summed E-state index contributed by atoms with van der Waals surface area (Å²) in [4.78, 5) is 12.6. The molecule has 0 radical (unpaired) electrons. The van der Waals surface area contributed by atoms with E-state index in [1.54, 1.807) is 24.3 Å². The number of allylic oxidation sites excluding steroid dienone is 2. The highest BCUT2D eigenvalue weighted by Crippen LogP contribution is 2.39. The van der Waals surface area contributed by atoms with Crippen LogP contribution in [0.15, 0.2) is 54.1 Å². The van der Waals surface area contributed by atoms with Gasteiger partial charge in [0.05, 0.1) is 5.57 Å². The molecule has 0 fully saturated rings. The first-order valence-corrected chi connectivity index (χ1v) is 6.06. The van der Waals surface area contributed by atoms with Crippen LogP contribution in [-0.4, -0.2) is 5.78 Å². The average Bonchev–Trinajstić information content (AvgIpc) is 2.51. The first-order valence-electron chi connectivity index (χ1n) is 6.06. The molecule has 0 unspecified atom stereocenters. The second-order valence-electron chi connectivity index (χ2n) is 4.39. The van der Waals surface area contributed by atoms with Crippen molar-refractivity contribution in [1.29, 1.82) is 10.5 Å². The van der Waals surface area contributed by atoms with Gasteiger partial charge in [-0.25, -0.2) is 0 Å². The molecule has 0 bridgehead atoms. The van der Waals surface area contributed by atoms with Crippen molar-refractivity contribution in [1.82, 2.24) is 0 Å². The Morgan fingerprint density at radius 3 is 1.75 bits per heavy atom. The predicted molar refractivity (Wildman–Crippen MR) is 74.4 cm³/mol. The van der Waals surface area contributed by atoms with Crippen molar-refractivity contribution in [2.45, 2.75) is 0 Å². The number of hydrogen-bond acceptors (Lipinski definition) is 3. The number of rotatable bonds is 0. The molecule has 2 aromatic carbocycles. The molecule has 0 aromatic heterocycles. The molecule has 92 valence electrons. The number of benzene rings is 2. The summed E-state index contributed by atoms with van der Waals surface area (Å²) in [5.41, 5.74) is 2.95. The van der Waals surface area contributed by atoms with Crippen LogP contribution in [0, 0.1) is 22.7 Å². The lowest BCUT2D eigenvalue weighted by molar-refractivity contribution is 0.105. The number of carbonyl (C=O) groups excluding carboxylic acids is 1. The minimum absolute atomic E-state index is 0.142. The molecule has 0 atom stereocenters. The van der Waals surface area contributed by atoms with E-state index in [2.05, 4.69) is 0 Å². The number of nitriles is 2. The Hall–Kier alpha value is -3.17. The van der Waals surface area contributed by atoms with Crippen LogP contribution in [0.1, 0.15) is 15.9 Å². The highest BCUT2D eigenvalue weighted by atomic mass is 16.1. The van der Waals surface area contributed by atoms with Gasteiger partial charge in [-0.2, -0.15) is 10.5 Å². The standard InChI is InChI=1S/C17H8N2O/c18-9-11(10-19)16-14-7-3-1-5-12(14)13-6-2-4-8-15(13)17(16)20/h1-8H. The Labute approximate surface area is 116 Å². The van der Waals surface area contributed by atoms with E-state index in [4.69, 9.17) is 10.5 Å². The van der Waals surface area contributed by atoms with Crippen molar-refractivity contribution in [3.05, 3.63) is 65.2 Å². The summed E-state index contributed by atoms with van der Waals surface area (Å²) in [6.07, 6.45) is 0. The van der Waals surface area contributed by atoms with Gasteiger partial charge in [-0.1, -0.05) is 48.5 Å². The smallest absolute Gasteiger partial charge is 0.196 e. The summed E-state index contributed by atoms with van der Waals surface area (Å²) >= 11 is 0. The van der Waals surface area contributed by atoms with Crippen LogP contribution in [0.2, 0.25) is 0 Å². The second-order valence-corrected chi connectivity index (χ2v) is 4.39. The van der Waals surface area contributed by atoms with Gasteiger partial charge < -0.3 is 0 Å². The Balaban J connectivity index is 2.46. The molecule has 1 aliphatic carbocycles. The first-order chi connectivity index (χ1) is 9.77. The molecule has 3 nitrogen and oxygen atoms in total. The van der Waals surface area contributed by atoms with Gasteiger partial charge in [-0.3, -0.25) is 4.79 Å². The normalized spacial score (nSPS) is 11.9.